The second-order valence-electron chi connectivity index (χ2n) is 4.28. The fraction of sp³-hybridized carbons (Fsp3) is 0.429. The van der Waals surface area contributed by atoms with E-state index >= 15 is 0 Å². The maximum absolute atomic E-state index is 11.4. The molecule has 0 heterocycles. The third kappa shape index (κ3) is 5.52. The van der Waals surface area contributed by atoms with Gasteiger partial charge in [-0.15, -0.1) is 0 Å². The number of carbonyl (C=O) groups excluding carboxylic acids is 1. The maximum atomic E-state index is 11.4. The van der Waals surface area contributed by atoms with Crippen LogP contribution in [0.2, 0.25) is 0 Å². The lowest BCUT2D eigenvalue weighted by Gasteiger charge is -2.13. The van der Waals surface area contributed by atoms with Crippen LogP contribution in [0.15, 0.2) is 30.3 Å². The van der Waals surface area contributed by atoms with Crippen molar-refractivity contribution in [2.75, 3.05) is 19.6 Å². The molecule has 0 aliphatic heterocycles. The van der Waals surface area contributed by atoms with Gasteiger partial charge in [0.25, 0.3) is 0 Å². The predicted octanol–water partition coefficient (Wildman–Crippen LogP) is 0.971. The highest BCUT2D eigenvalue weighted by atomic mass is 16.4. The molecule has 1 atom stereocenters. The number of aliphatic carboxylic acids is 1. The molecule has 0 aromatic heterocycles. The number of amides is 1. The Kier molecular flexibility index (Phi) is 6.60. The summed E-state index contributed by atoms with van der Waals surface area (Å²) >= 11 is 0. The summed E-state index contributed by atoms with van der Waals surface area (Å²) in [5, 5.41) is 14.8. The Morgan fingerprint density at radius 2 is 1.95 bits per heavy atom. The van der Waals surface area contributed by atoms with E-state index in [2.05, 4.69) is 10.6 Å². The lowest BCUT2D eigenvalue weighted by atomic mass is 9.99. The number of carbonyl (C=O) groups is 2. The van der Waals surface area contributed by atoms with Gasteiger partial charge in [0.2, 0.25) is 5.91 Å². The molecule has 0 aliphatic carbocycles. The highest BCUT2D eigenvalue weighted by molar-refractivity contribution is 5.78. The number of nitrogens with one attached hydrogen (secondary N) is 2. The van der Waals surface area contributed by atoms with Crippen LogP contribution in [0.25, 0.3) is 0 Å². The Morgan fingerprint density at radius 1 is 1.26 bits per heavy atom. The highest BCUT2D eigenvalue weighted by Crippen LogP contribution is 2.14. The monoisotopic (exact) mass is 264 g/mol. The zero-order valence-electron chi connectivity index (χ0n) is 11.1. The van der Waals surface area contributed by atoms with Crippen LogP contribution in [-0.4, -0.2) is 36.6 Å². The largest absolute Gasteiger partial charge is 0.481 e. The van der Waals surface area contributed by atoms with Gasteiger partial charge in [0, 0.05) is 13.1 Å². The molecule has 0 saturated carbocycles. The number of rotatable bonds is 8. The Bertz CT molecular complexity index is 406. The van der Waals surface area contributed by atoms with Crippen molar-refractivity contribution < 1.29 is 14.7 Å². The van der Waals surface area contributed by atoms with E-state index in [9.17, 15) is 14.7 Å². The van der Waals surface area contributed by atoms with E-state index in [0.717, 1.165) is 12.0 Å². The van der Waals surface area contributed by atoms with Gasteiger partial charge in [-0.3, -0.25) is 9.59 Å². The molecule has 19 heavy (non-hydrogen) atoms. The molecule has 1 unspecified atom stereocenters. The second kappa shape index (κ2) is 8.26. The molecular weight excluding hydrogens is 244 g/mol. The first-order valence-corrected chi connectivity index (χ1v) is 6.40. The van der Waals surface area contributed by atoms with E-state index < -0.39 is 11.9 Å². The number of hydrogen-bond acceptors (Lipinski definition) is 3. The van der Waals surface area contributed by atoms with Gasteiger partial charge in [0.1, 0.15) is 0 Å². The normalized spacial score (nSPS) is 11.8. The molecule has 3 N–H and O–H groups in total. The van der Waals surface area contributed by atoms with Crippen LogP contribution >= 0.6 is 0 Å². The first-order valence-electron chi connectivity index (χ1n) is 6.40. The average Bonchev–Trinajstić information content (AvgIpc) is 2.42. The summed E-state index contributed by atoms with van der Waals surface area (Å²) in [4.78, 5) is 22.6. The summed E-state index contributed by atoms with van der Waals surface area (Å²) in [5.74, 6) is -1.65. The molecule has 1 rings (SSSR count). The van der Waals surface area contributed by atoms with Crippen molar-refractivity contribution >= 4 is 11.9 Å². The van der Waals surface area contributed by atoms with Gasteiger partial charge >= 0.3 is 5.97 Å². The molecule has 0 fully saturated rings. The molecule has 0 radical (unpaired) electrons. The van der Waals surface area contributed by atoms with Crippen molar-refractivity contribution in [3.63, 3.8) is 0 Å². The number of hydrogen-bond donors (Lipinski definition) is 3. The molecule has 104 valence electrons. The Balaban J connectivity index is 2.44. The van der Waals surface area contributed by atoms with Crippen LogP contribution in [0, 0.1) is 0 Å². The van der Waals surface area contributed by atoms with E-state index in [1.807, 2.05) is 13.0 Å². The summed E-state index contributed by atoms with van der Waals surface area (Å²) in [6.07, 6.45) is 0.882. The summed E-state index contributed by atoms with van der Waals surface area (Å²) in [7, 11) is 0. The summed E-state index contributed by atoms with van der Waals surface area (Å²) in [6, 6.07) is 9.00. The fourth-order valence-electron chi connectivity index (χ4n) is 1.69. The standard InChI is InChI=1S/C14H20N2O3/c1-2-8-16-13(17)10-15-9-12(14(18)19)11-6-4-3-5-7-11/h3-7,12,15H,2,8-10H2,1H3,(H,16,17)(H,18,19). The van der Waals surface area contributed by atoms with Crippen molar-refractivity contribution in [3.05, 3.63) is 35.9 Å². The minimum Gasteiger partial charge on any atom is -0.481 e. The van der Waals surface area contributed by atoms with E-state index in [4.69, 9.17) is 0 Å². The lowest BCUT2D eigenvalue weighted by Crippen LogP contribution is -2.37. The summed E-state index contributed by atoms with van der Waals surface area (Å²) in [5.41, 5.74) is 0.733. The van der Waals surface area contributed by atoms with E-state index in [0.29, 0.717) is 6.54 Å². The Hall–Kier alpha value is -1.88. The molecule has 5 heteroatoms. The average molecular weight is 264 g/mol. The Labute approximate surface area is 113 Å². The van der Waals surface area contributed by atoms with Gasteiger partial charge in [-0.05, 0) is 12.0 Å². The molecular formula is C14H20N2O3. The van der Waals surface area contributed by atoms with Crippen molar-refractivity contribution in [2.24, 2.45) is 0 Å². The zero-order valence-corrected chi connectivity index (χ0v) is 11.1. The molecule has 0 aliphatic rings. The van der Waals surface area contributed by atoms with Gasteiger partial charge in [0.05, 0.1) is 12.5 Å². The molecule has 1 aromatic carbocycles. The highest BCUT2D eigenvalue weighted by Gasteiger charge is 2.19. The SMILES string of the molecule is CCCNC(=O)CNCC(C(=O)O)c1ccccc1. The molecule has 1 aromatic rings. The third-order valence-corrected chi connectivity index (χ3v) is 2.71. The first-order chi connectivity index (χ1) is 9.15. The van der Waals surface area contributed by atoms with Crippen LogP contribution < -0.4 is 10.6 Å². The minimum atomic E-state index is -0.896. The minimum absolute atomic E-state index is 0.112. The van der Waals surface area contributed by atoms with Crippen LogP contribution in [0.1, 0.15) is 24.8 Å². The van der Waals surface area contributed by atoms with Crippen molar-refractivity contribution in [3.8, 4) is 0 Å². The number of carboxylic acids is 1. The Morgan fingerprint density at radius 3 is 2.53 bits per heavy atom. The summed E-state index contributed by atoms with van der Waals surface area (Å²) < 4.78 is 0. The van der Waals surface area contributed by atoms with Crippen LogP contribution in [0.3, 0.4) is 0 Å². The van der Waals surface area contributed by atoms with Crippen LogP contribution in [0.5, 0.6) is 0 Å². The quantitative estimate of drug-likeness (QED) is 0.654. The van der Waals surface area contributed by atoms with E-state index in [1.54, 1.807) is 24.3 Å². The molecule has 0 bridgehead atoms. The second-order valence-corrected chi connectivity index (χ2v) is 4.28. The number of carboxylic acid groups (broad SMARTS) is 1. The van der Waals surface area contributed by atoms with Crippen LogP contribution in [-0.2, 0) is 9.59 Å². The van der Waals surface area contributed by atoms with Gasteiger partial charge in [0.15, 0.2) is 0 Å². The van der Waals surface area contributed by atoms with Gasteiger partial charge in [-0.25, -0.2) is 0 Å². The zero-order chi connectivity index (χ0) is 14.1. The molecule has 1 amide bonds. The van der Waals surface area contributed by atoms with Crippen LogP contribution in [0.4, 0.5) is 0 Å². The predicted molar refractivity (Wildman–Crippen MR) is 73.0 cm³/mol. The molecule has 0 saturated heterocycles. The lowest BCUT2D eigenvalue weighted by molar-refractivity contribution is -0.138. The van der Waals surface area contributed by atoms with Gasteiger partial charge in [-0.1, -0.05) is 37.3 Å². The topological polar surface area (TPSA) is 78.4 Å². The fourth-order valence-corrected chi connectivity index (χ4v) is 1.69. The molecule has 5 nitrogen and oxygen atoms in total. The van der Waals surface area contributed by atoms with Crippen molar-refractivity contribution in [1.29, 1.82) is 0 Å². The van der Waals surface area contributed by atoms with Crippen molar-refractivity contribution in [1.82, 2.24) is 10.6 Å². The third-order valence-electron chi connectivity index (χ3n) is 2.71. The number of benzene rings is 1. The van der Waals surface area contributed by atoms with Gasteiger partial charge < -0.3 is 15.7 Å². The molecule has 0 spiro atoms. The smallest absolute Gasteiger partial charge is 0.312 e. The van der Waals surface area contributed by atoms with Crippen molar-refractivity contribution in [2.45, 2.75) is 19.3 Å². The summed E-state index contributed by atoms with van der Waals surface area (Å²) in [6.45, 7) is 2.99. The van der Waals surface area contributed by atoms with Gasteiger partial charge in [-0.2, -0.15) is 0 Å². The van der Waals surface area contributed by atoms with E-state index in [-0.39, 0.29) is 19.0 Å². The van der Waals surface area contributed by atoms with E-state index in [1.165, 1.54) is 0 Å². The maximum Gasteiger partial charge on any atom is 0.312 e. The first kappa shape index (κ1) is 15.2.